The van der Waals surface area contributed by atoms with Gasteiger partial charge in [-0.3, -0.25) is 14.5 Å². The maximum Gasteiger partial charge on any atom is 0.255 e. The lowest BCUT2D eigenvalue weighted by Gasteiger charge is -2.25. The van der Waals surface area contributed by atoms with E-state index in [9.17, 15) is 9.59 Å². The SMILES string of the molecule is Cc1ccc(C(=O)Nc2cccc(C3SCC(=O)N3c3ccc(C(C)C)cc3)c2)cc1. The van der Waals surface area contributed by atoms with Gasteiger partial charge < -0.3 is 5.32 Å². The van der Waals surface area contributed by atoms with Gasteiger partial charge in [0.05, 0.1) is 5.75 Å². The number of carbonyl (C=O) groups is 2. The fraction of sp³-hybridized carbons (Fsp3) is 0.231. The van der Waals surface area contributed by atoms with Crippen LogP contribution in [0.1, 0.15) is 52.2 Å². The van der Waals surface area contributed by atoms with Gasteiger partial charge in [-0.25, -0.2) is 0 Å². The molecule has 1 N–H and O–H groups in total. The molecule has 0 aliphatic carbocycles. The van der Waals surface area contributed by atoms with Crippen molar-refractivity contribution in [3.8, 4) is 0 Å². The highest BCUT2D eigenvalue weighted by Gasteiger charge is 2.34. The molecule has 1 fully saturated rings. The van der Waals surface area contributed by atoms with Crippen LogP contribution >= 0.6 is 11.8 Å². The molecular weight excluding hydrogens is 404 g/mol. The molecule has 0 saturated carbocycles. The number of aryl methyl sites for hydroxylation is 1. The van der Waals surface area contributed by atoms with Gasteiger partial charge in [-0.15, -0.1) is 11.8 Å². The summed E-state index contributed by atoms with van der Waals surface area (Å²) in [6.45, 7) is 6.31. The summed E-state index contributed by atoms with van der Waals surface area (Å²) in [4.78, 5) is 27.1. The highest BCUT2D eigenvalue weighted by atomic mass is 32.2. The number of amides is 2. The van der Waals surface area contributed by atoms with Crippen molar-refractivity contribution < 1.29 is 9.59 Å². The Morgan fingerprint density at radius 2 is 1.74 bits per heavy atom. The summed E-state index contributed by atoms with van der Waals surface area (Å²) in [5, 5.41) is 2.86. The van der Waals surface area contributed by atoms with Crippen molar-refractivity contribution in [3.63, 3.8) is 0 Å². The van der Waals surface area contributed by atoms with Crippen LogP contribution < -0.4 is 10.2 Å². The zero-order valence-corrected chi connectivity index (χ0v) is 18.8. The van der Waals surface area contributed by atoms with Crippen molar-refractivity contribution in [2.24, 2.45) is 0 Å². The second kappa shape index (κ2) is 8.98. The van der Waals surface area contributed by atoms with Crippen LogP contribution in [-0.4, -0.2) is 17.6 Å². The first-order chi connectivity index (χ1) is 14.9. The Kier molecular flexibility index (Phi) is 6.14. The quantitative estimate of drug-likeness (QED) is 0.528. The van der Waals surface area contributed by atoms with Crippen molar-refractivity contribution in [2.75, 3.05) is 16.0 Å². The summed E-state index contributed by atoms with van der Waals surface area (Å²) in [5.41, 5.74) is 5.60. The van der Waals surface area contributed by atoms with Crippen LogP contribution in [0.3, 0.4) is 0 Å². The Bertz CT molecular complexity index is 1090. The minimum absolute atomic E-state index is 0.0985. The molecule has 0 bridgehead atoms. The van der Waals surface area contributed by atoms with E-state index < -0.39 is 0 Å². The molecule has 0 aromatic heterocycles. The molecule has 0 spiro atoms. The molecular formula is C26H26N2O2S. The number of nitrogens with one attached hydrogen (secondary N) is 1. The van der Waals surface area contributed by atoms with Crippen molar-refractivity contribution in [2.45, 2.75) is 32.1 Å². The molecule has 1 aliphatic rings. The number of benzene rings is 3. The Morgan fingerprint density at radius 1 is 1.03 bits per heavy atom. The van der Waals surface area contributed by atoms with Gasteiger partial charge in [-0.05, 0) is 60.4 Å². The van der Waals surface area contributed by atoms with E-state index in [1.165, 1.54) is 5.56 Å². The van der Waals surface area contributed by atoms with Crippen molar-refractivity contribution in [1.82, 2.24) is 0 Å². The van der Waals surface area contributed by atoms with Gasteiger partial charge in [0.25, 0.3) is 5.91 Å². The standard InChI is InChI=1S/C26H26N2O2S/c1-17(2)19-11-13-23(14-12-19)28-24(29)16-31-26(28)21-5-4-6-22(15-21)27-25(30)20-9-7-18(3)8-10-20/h4-15,17,26H,16H2,1-3H3,(H,27,30). The van der Waals surface area contributed by atoms with E-state index in [0.717, 1.165) is 22.5 Å². The highest BCUT2D eigenvalue weighted by Crippen LogP contribution is 2.42. The number of hydrogen-bond acceptors (Lipinski definition) is 3. The highest BCUT2D eigenvalue weighted by molar-refractivity contribution is 8.00. The third kappa shape index (κ3) is 4.67. The van der Waals surface area contributed by atoms with E-state index in [4.69, 9.17) is 0 Å². The lowest BCUT2D eigenvalue weighted by atomic mass is 10.0. The zero-order chi connectivity index (χ0) is 22.0. The van der Waals surface area contributed by atoms with Crippen molar-refractivity contribution in [3.05, 3.63) is 95.1 Å². The first kappa shape index (κ1) is 21.2. The van der Waals surface area contributed by atoms with Gasteiger partial charge in [0, 0.05) is 16.9 Å². The van der Waals surface area contributed by atoms with Crippen LogP contribution in [0.25, 0.3) is 0 Å². The predicted octanol–water partition coefficient (Wildman–Crippen LogP) is 6.15. The van der Waals surface area contributed by atoms with Crippen molar-refractivity contribution >= 4 is 35.0 Å². The van der Waals surface area contributed by atoms with Gasteiger partial charge in [-0.1, -0.05) is 55.8 Å². The first-order valence-corrected chi connectivity index (χ1v) is 11.5. The van der Waals surface area contributed by atoms with Crippen LogP contribution in [0.5, 0.6) is 0 Å². The number of thioether (sulfide) groups is 1. The first-order valence-electron chi connectivity index (χ1n) is 10.4. The number of carbonyl (C=O) groups excluding carboxylic acids is 2. The lowest BCUT2D eigenvalue weighted by Crippen LogP contribution is -2.27. The number of hydrogen-bond donors (Lipinski definition) is 1. The molecule has 1 heterocycles. The third-order valence-electron chi connectivity index (χ3n) is 5.45. The average Bonchev–Trinajstić information content (AvgIpc) is 3.16. The minimum Gasteiger partial charge on any atom is -0.322 e. The van der Waals surface area contributed by atoms with E-state index in [1.54, 1.807) is 11.8 Å². The molecule has 1 unspecified atom stereocenters. The van der Waals surface area contributed by atoms with E-state index in [0.29, 0.717) is 17.2 Å². The van der Waals surface area contributed by atoms with E-state index in [2.05, 4.69) is 31.3 Å². The van der Waals surface area contributed by atoms with Gasteiger partial charge in [-0.2, -0.15) is 0 Å². The molecule has 3 aromatic rings. The van der Waals surface area contributed by atoms with E-state index in [-0.39, 0.29) is 17.2 Å². The molecule has 1 atom stereocenters. The van der Waals surface area contributed by atoms with Crippen LogP contribution in [0.4, 0.5) is 11.4 Å². The van der Waals surface area contributed by atoms with Crippen LogP contribution in [0.2, 0.25) is 0 Å². The topological polar surface area (TPSA) is 49.4 Å². The van der Waals surface area contributed by atoms with Gasteiger partial charge >= 0.3 is 0 Å². The number of nitrogens with zero attached hydrogens (tertiary/aromatic N) is 1. The number of rotatable bonds is 5. The smallest absolute Gasteiger partial charge is 0.255 e. The summed E-state index contributed by atoms with van der Waals surface area (Å²) < 4.78 is 0. The molecule has 0 radical (unpaired) electrons. The Hall–Kier alpha value is -3.05. The minimum atomic E-state index is -0.145. The molecule has 2 amide bonds. The van der Waals surface area contributed by atoms with E-state index in [1.807, 2.05) is 72.5 Å². The van der Waals surface area contributed by atoms with Gasteiger partial charge in [0.15, 0.2) is 0 Å². The van der Waals surface area contributed by atoms with E-state index >= 15 is 0 Å². The Morgan fingerprint density at radius 3 is 2.42 bits per heavy atom. The predicted molar refractivity (Wildman–Crippen MR) is 129 cm³/mol. The molecule has 3 aromatic carbocycles. The number of anilines is 2. The summed E-state index contributed by atoms with van der Waals surface area (Å²) in [7, 11) is 0. The maximum absolute atomic E-state index is 12.7. The Balaban J connectivity index is 1.56. The molecule has 5 heteroatoms. The van der Waals surface area contributed by atoms with Crippen LogP contribution in [-0.2, 0) is 4.79 Å². The Labute approximate surface area is 187 Å². The molecule has 158 valence electrons. The van der Waals surface area contributed by atoms with Gasteiger partial charge in [0.2, 0.25) is 5.91 Å². The normalized spacial score (nSPS) is 16.1. The molecule has 1 aliphatic heterocycles. The van der Waals surface area contributed by atoms with Crippen LogP contribution in [0.15, 0.2) is 72.8 Å². The molecule has 1 saturated heterocycles. The second-order valence-electron chi connectivity index (χ2n) is 8.12. The summed E-state index contributed by atoms with van der Waals surface area (Å²) in [6, 6.07) is 23.5. The second-order valence-corrected chi connectivity index (χ2v) is 9.19. The zero-order valence-electron chi connectivity index (χ0n) is 18.0. The van der Waals surface area contributed by atoms with Gasteiger partial charge in [0.1, 0.15) is 5.37 Å². The lowest BCUT2D eigenvalue weighted by molar-refractivity contribution is -0.115. The third-order valence-corrected chi connectivity index (χ3v) is 6.66. The van der Waals surface area contributed by atoms with Crippen molar-refractivity contribution in [1.29, 1.82) is 0 Å². The fourth-order valence-corrected chi connectivity index (χ4v) is 4.81. The average molecular weight is 431 g/mol. The fourth-order valence-electron chi connectivity index (χ4n) is 3.65. The summed E-state index contributed by atoms with van der Waals surface area (Å²) >= 11 is 1.61. The molecule has 4 rings (SSSR count). The maximum atomic E-state index is 12.7. The largest absolute Gasteiger partial charge is 0.322 e. The van der Waals surface area contributed by atoms with Crippen LogP contribution in [0, 0.1) is 6.92 Å². The summed E-state index contributed by atoms with van der Waals surface area (Å²) in [6.07, 6.45) is 0. The monoisotopic (exact) mass is 430 g/mol. The molecule has 4 nitrogen and oxygen atoms in total. The summed E-state index contributed by atoms with van der Waals surface area (Å²) in [5.74, 6) is 0.841. The molecule has 31 heavy (non-hydrogen) atoms.